The van der Waals surface area contributed by atoms with Crippen molar-refractivity contribution in [2.24, 2.45) is 0 Å². The molecule has 1 N–H and O–H groups in total. The van der Waals surface area contributed by atoms with E-state index in [0.29, 0.717) is 25.0 Å². The van der Waals surface area contributed by atoms with E-state index in [4.69, 9.17) is 4.42 Å². The molecule has 0 fully saturated rings. The lowest BCUT2D eigenvalue weighted by Gasteiger charge is -2.14. The third kappa shape index (κ3) is 3.94. The van der Waals surface area contributed by atoms with Crippen molar-refractivity contribution < 1.29 is 17.6 Å². The van der Waals surface area contributed by atoms with E-state index in [2.05, 4.69) is 15.5 Å². The maximum absolute atomic E-state index is 12.5. The quantitative estimate of drug-likeness (QED) is 0.919. The SMILES string of the molecule is CNCc1nnc(N(C)Cc2ccc(C(F)(F)F)cc2)o1. The van der Waals surface area contributed by atoms with Gasteiger partial charge in [-0.2, -0.15) is 13.2 Å². The van der Waals surface area contributed by atoms with Crippen molar-refractivity contribution in [2.45, 2.75) is 19.3 Å². The molecule has 1 aromatic carbocycles. The Morgan fingerprint density at radius 2 is 1.86 bits per heavy atom. The van der Waals surface area contributed by atoms with Crippen LogP contribution in [-0.2, 0) is 19.3 Å². The minimum atomic E-state index is -4.32. The van der Waals surface area contributed by atoms with Crippen molar-refractivity contribution >= 4 is 6.01 Å². The summed E-state index contributed by atoms with van der Waals surface area (Å²) in [4.78, 5) is 1.68. The number of rotatable bonds is 5. The minimum Gasteiger partial charge on any atom is -0.407 e. The van der Waals surface area contributed by atoms with E-state index in [1.807, 2.05) is 0 Å². The molecule has 114 valence electrons. The van der Waals surface area contributed by atoms with Crippen LogP contribution >= 0.6 is 0 Å². The van der Waals surface area contributed by atoms with Gasteiger partial charge in [0.15, 0.2) is 0 Å². The maximum Gasteiger partial charge on any atom is 0.416 e. The van der Waals surface area contributed by atoms with E-state index >= 15 is 0 Å². The number of hydrogen-bond acceptors (Lipinski definition) is 5. The zero-order valence-electron chi connectivity index (χ0n) is 11.6. The highest BCUT2D eigenvalue weighted by Crippen LogP contribution is 2.29. The van der Waals surface area contributed by atoms with Crippen LogP contribution in [0.1, 0.15) is 17.0 Å². The van der Waals surface area contributed by atoms with Gasteiger partial charge in [-0.05, 0) is 24.7 Å². The summed E-state index contributed by atoms with van der Waals surface area (Å²) in [5, 5.41) is 10.6. The predicted molar refractivity (Wildman–Crippen MR) is 70.6 cm³/mol. The zero-order chi connectivity index (χ0) is 15.5. The average Bonchev–Trinajstić information content (AvgIpc) is 2.87. The molecule has 0 radical (unpaired) electrons. The Balaban J connectivity index is 2.03. The van der Waals surface area contributed by atoms with Crippen molar-refractivity contribution in [3.05, 3.63) is 41.3 Å². The molecule has 0 amide bonds. The van der Waals surface area contributed by atoms with E-state index in [-0.39, 0.29) is 0 Å². The van der Waals surface area contributed by atoms with Gasteiger partial charge in [0.1, 0.15) is 0 Å². The lowest BCUT2D eigenvalue weighted by Crippen LogP contribution is -2.17. The number of hydrogen-bond donors (Lipinski definition) is 1. The molecule has 0 unspecified atom stereocenters. The van der Waals surface area contributed by atoms with Crippen molar-refractivity contribution in [3.63, 3.8) is 0 Å². The summed E-state index contributed by atoms with van der Waals surface area (Å²) in [6.07, 6.45) is -4.32. The van der Waals surface area contributed by atoms with Gasteiger partial charge in [0, 0.05) is 13.6 Å². The van der Waals surface area contributed by atoms with Crippen LogP contribution in [0.4, 0.5) is 19.2 Å². The normalized spacial score (nSPS) is 11.7. The van der Waals surface area contributed by atoms with Crippen molar-refractivity contribution in [1.82, 2.24) is 15.5 Å². The fourth-order valence-electron chi connectivity index (χ4n) is 1.76. The monoisotopic (exact) mass is 300 g/mol. The average molecular weight is 300 g/mol. The Bertz CT molecular complexity index is 580. The molecule has 1 heterocycles. The molecule has 5 nitrogen and oxygen atoms in total. The molecule has 1 aromatic heterocycles. The fourth-order valence-corrected chi connectivity index (χ4v) is 1.76. The molecular weight excluding hydrogens is 285 g/mol. The molecular formula is C13H15F3N4O. The van der Waals surface area contributed by atoms with E-state index in [9.17, 15) is 13.2 Å². The Kier molecular flexibility index (Phi) is 4.46. The van der Waals surface area contributed by atoms with E-state index in [1.54, 1.807) is 19.0 Å². The highest BCUT2D eigenvalue weighted by atomic mass is 19.4. The highest BCUT2D eigenvalue weighted by molar-refractivity contribution is 5.30. The predicted octanol–water partition coefficient (Wildman–Crippen LogP) is 2.44. The fraction of sp³-hybridized carbons (Fsp3) is 0.385. The number of aromatic nitrogens is 2. The van der Waals surface area contributed by atoms with Gasteiger partial charge in [-0.1, -0.05) is 17.2 Å². The van der Waals surface area contributed by atoms with Gasteiger partial charge in [-0.25, -0.2) is 0 Å². The minimum absolute atomic E-state index is 0.320. The van der Waals surface area contributed by atoms with E-state index < -0.39 is 11.7 Å². The Labute approximate surface area is 119 Å². The second-order valence-electron chi connectivity index (χ2n) is 4.56. The van der Waals surface area contributed by atoms with Gasteiger partial charge >= 0.3 is 12.2 Å². The molecule has 0 bridgehead atoms. The van der Waals surface area contributed by atoms with Crippen LogP contribution in [-0.4, -0.2) is 24.3 Å². The van der Waals surface area contributed by atoms with Crippen LogP contribution in [0.15, 0.2) is 28.7 Å². The molecule has 2 aromatic rings. The number of nitrogens with zero attached hydrogens (tertiary/aromatic N) is 3. The summed E-state index contributed by atoms with van der Waals surface area (Å²) in [7, 11) is 3.49. The maximum atomic E-state index is 12.5. The third-order valence-electron chi connectivity index (χ3n) is 2.81. The Hall–Kier alpha value is -2.09. The summed E-state index contributed by atoms with van der Waals surface area (Å²) < 4.78 is 42.8. The molecule has 8 heteroatoms. The Morgan fingerprint density at radius 1 is 1.19 bits per heavy atom. The van der Waals surface area contributed by atoms with Gasteiger partial charge in [0.25, 0.3) is 0 Å². The first-order valence-electron chi connectivity index (χ1n) is 6.24. The van der Waals surface area contributed by atoms with Crippen molar-refractivity contribution in [3.8, 4) is 0 Å². The van der Waals surface area contributed by atoms with Crippen molar-refractivity contribution in [2.75, 3.05) is 19.0 Å². The highest BCUT2D eigenvalue weighted by Gasteiger charge is 2.29. The van der Waals surface area contributed by atoms with Crippen LogP contribution < -0.4 is 10.2 Å². The topological polar surface area (TPSA) is 54.2 Å². The standard InChI is InChI=1S/C13H15F3N4O/c1-17-7-11-18-19-12(21-11)20(2)8-9-3-5-10(6-4-9)13(14,15)16/h3-6,17H,7-8H2,1-2H3. The molecule has 0 saturated heterocycles. The number of halogens is 3. The molecule has 0 saturated carbocycles. The first-order chi connectivity index (χ1) is 9.90. The smallest absolute Gasteiger partial charge is 0.407 e. The van der Waals surface area contributed by atoms with Crippen LogP contribution in [0.3, 0.4) is 0 Å². The molecule has 21 heavy (non-hydrogen) atoms. The second-order valence-corrected chi connectivity index (χ2v) is 4.56. The van der Waals surface area contributed by atoms with E-state index in [0.717, 1.165) is 17.7 Å². The summed E-state index contributed by atoms with van der Waals surface area (Å²) in [6, 6.07) is 5.31. The number of nitrogens with one attached hydrogen (secondary N) is 1. The number of anilines is 1. The lowest BCUT2D eigenvalue weighted by molar-refractivity contribution is -0.137. The molecule has 0 spiro atoms. The number of benzene rings is 1. The first-order valence-corrected chi connectivity index (χ1v) is 6.24. The summed E-state index contributed by atoms with van der Waals surface area (Å²) in [5.74, 6) is 0.451. The molecule has 2 rings (SSSR count). The summed E-state index contributed by atoms with van der Waals surface area (Å²) in [5.41, 5.74) is 0.0573. The molecule has 0 aliphatic carbocycles. The van der Waals surface area contributed by atoms with Crippen LogP contribution in [0.25, 0.3) is 0 Å². The van der Waals surface area contributed by atoms with Gasteiger partial charge in [0.2, 0.25) is 5.89 Å². The van der Waals surface area contributed by atoms with Gasteiger partial charge < -0.3 is 14.6 Å². The number of alkyl halides is 3. The van der Waals surface area contributed by atoms with Crippen LogP contribution in [0, 0.1) is 0 Å². The van der Waals surface area contributed by atoms with Crippen molar-refractivity contribution in [1.29, 1.82) is 0 Å². The molecule has 0 atom stereocenters. The summed E-state index contributed by atoms with van der Waals surface area (Å²) in [6.45, 7) is 0.834. The zero-order valence-corrected chi connectivity index (χ0v) is 11.6. The summed E-state index contributed by atoms with van der Waals surface area (Å²) >= 11 is 0. The van der Waals surface area contributed by atoms with Gasteiger partial charge in [-0.15, -0.1) is 5.10 Å². The van der Waals surface area contributed by atoms with E-state index in [1.165, 1.54) is 12.1 Å². The second kappa shape index (κ2) is 6.13. The Morgan fingerprint density at radius 3 is 2.43 bits per heavy atom. The van der Waals surface area contributed by atoms with Gasteiger partial charge in [-0.3, -0.25) is 0 Å². The largest absolute Gasteiger partial charge is 0.416 e. The third-order valence-corrected chi connectivity index (χ3v) is 2.81. The lowest BCUT2D eigenvalue weighted by atomic mass is 10.1. The molecule has 0 aliphatic rings. The van der Waals surface area contributed by atoms with Crippen LogP contribution in [0.2, 0.25) is 0 Å². The first kappa shape index (κ1) is 15.3. The van der Waals surface area contributed by atoms with Crippen LogP contribution in [0.5, 0.6) is 0 Å². The molecule has 0 aliphatic heterocycles. The van der Waals surface area contributed by atoms with Gasteiger partial charge in [0.05, 0.1) is 12.1 Å².